The van der Waals surface area contributed by atoms with Crippen molar-refractivity contribution in [1.82, 2.24) is 10.3 Å². The number of nitrogens with zero attached hydrogens (tertiary/aromatic N) is 1. The summed E-state index contributed by atoms with van der Waals surface area (Å²) in [5, 5.41) is 3.35. The average Bonchev–Trinajstić information content (AvgIpc) is 2.24. The quantitative estimate of drug-likeness (QED) is 0.817. The Kier molecular flexibility index (Phi) is 3.03. The van der Waals surface area contributed by atoms with E-state index in [1.807, 2.05) is 19.3 Å². The van der Waals surface area contributed by atoms with Gasteiger partial charge in [-0.1, -0.05) is 6.07 Å². The van der Waals surface area contributed by atoms with Crippen LogP contribution in [-0.2, 0) is 4.74 Å². The highest BCUT2D eigenvalue weighted by Crippen LogP contribution is 2.44. The normalized spacial score (nSPS) is 20.7. The van der Waals surface area contributed by atoms with E-state index in [4.69, 9.17) is 4.74 Å². The summed E-state index contributed by atoms with van der Waals surface area (Å²) in [5.41, 5.74) is 1.19. The molecule has 1 aliphatic rings. The van der Waals surface area contributed by atoms with Crippen LogP contribution in [0.3, 0.4) is 0 Å². The van der Waals surface area contributed by atoms with Gasteiger partial charge in [0.15, 0.2) is 0 Å². The van der Waals surface area contributed by atoms with Gasteiger partial charge in [0.25, 0.3) is 0 Å². The van der Waals surface area contributed by atoms with Gasteiger partial charge in [0, 0.05) is 19.5 Å². The van der Waals surface area contributed by atoms with Crippen LogP contribution >= 0.6 is 0 Å². The lowest BCUT2D eigenvalue weighted by molar-refractivity contribution is -0.0983. The van der Waals surface area contributed by atoms with Crippen LogP contribution in [0.4, 0.5) is 0 Å². The van der Waals surface area contributed by atoms with Crippen molar-refractivity contribution in [3.8, 4) is 0 Å². The number of hydrogen-bond donors (Lipinski definition) is 1. The van der Waals surface area contributed by atoms with Gasteiger partial charge >= 0.3 is 0 Å². The summed E-state index contributed by atoms with van der Waals surface area (Å²) in [6, 6.07) is 4.33. The molecule has 1 aromatic rings. The summed E-state index contributed by atoms with van der Waals surface area (Å²) in [4.78, 5) is 4.16. The van der Waals surface area contributed by atoms with E-state index in [2.05, 4.69) is 16.4 Å². The first-order valence-electron chi connectivity index (χ1n) is 5.45. The summed E-state index contributed by atoms with van der Waals surface area (Å²) >= 11 is 0. The molecule has 0 radical (unpaired) electrons. The summed E-state index contributed by atoms with van der Waals surface area (Å²) in [6.07, 6.45) is 7.23. The highest BCUT2D eigenvalue weighted by Gasteiger charge is 2.44. The van der Waals surface area contributed by atoms with Crippen molar-refractivity contribution in [3.63, 3.8) is 0 Å². The largest absolute Gasteiger partial charge is 0.376 e. The smallest absolute Gasteiger partial charge is 0.0873 e. The van der Waals surface area contributed by atoms with E-state index in [1.165, 1.54) is 12.0 Å². The molecule has 0 saturated heterocycles. The van der Waals surface area contributed by atoms with Crippen LogP contribution in [-0.4, -0.2) is 24.7 Å². The Hall–Kier alpha value is -0.930. The standard InChI is InChI=1S/C12H18N2O/c1-13-11(10-5-3-8-14-9-10)12(15-2)6-4-7-12/h3,5,8-9,11,13H,4,6-7H2,1-2H3. The molecule has 0 spiro atoms. The molecule has 1 unspecified atom stereocenters. The zero-order chi connectivity index (χ0) is 10.7. The zero-order valence-electron chi connectivity index (χ0n) is 9.36. The second kappa shape index (κ2) is 4.29. The second-order valence-electron chi connectivity index (χ2n) is 4.13. The number of pyridine rings is 1. The van der Waals surface area contributed by atoms with Gasteiger partial charge in [-0.05, 0) is 37.9 Å². The maximum absolute atomic E-state index is 5.69. The molecule has 1 heterocycles. The summed E-state index contributed by atoms with van der Waals surface area (Å²) in [6.45, 7) is 0. The van der Waals surface area contributed by atoms with Gasteiger partial charge in [-0.15, -0.1) is 0 Å². The van der Waals surface area contributed by atoms with E-state index in [1.54, 1.807) is 13.3 Å². The number of ether oxygens (including phenoxy) is 1. The van der Waals surface area contributed by atoms with Crippen molar-refractivity contribution in [1.29, 1.82) is 0 Å². The zero-order valence-corrected chi connectivity index (χ0v) is 9.36. The van der Waals surface area contributed by atoms with Crippen molar-refractivity contribution < 1.29 is 4.74 Å². The fraction of sp³-hybridized carbons (Fsp3) is 0.583. The molecule has 1 aromatic heterocycles. The fourth-order valence-corrected chi connectivity index (χ4v) is 2.42. The third-order valence-corrected chi connectivity index (χ3v) is 3.44. The van der Waals surface area contributed by atoms with Crippen molar-refractivity contribution >= 4 is 0 Å². The highest BCUT2D eigenvalue weighted by molar-refractivity contribution is 5.20. The van der Waals surface area contributed by atoms with Crippen molar-refractivity contribution in [2.45, 2.75) is 30.9 Å². The van der Waals surface area contributed by atoms with Crippen LogP contribution in [0.1, 0.15) is 30.9 Å². The first-order valence-corrected chi connectivity index (χ1v) is 5.45. The third kappa shape index (κ3) is 1.77. The summed E-state index contributed by atoms with van der Waals surface area (Å²) in [5.74, 6) is 0. The molecular formula is C12H18N2O. The minimum absolute atomic E-state index is 0.0161. The van der Waals surface area contributed by atoms with Crippen LogP contribution in [0.15, 0.2) is 24.5 Å². The molecule has 1 atom stereocenters. The molecule has 1 N–H and O–H groups in total. The topological polar surface area (TPSA) is 34.2 Å². The minimum Gasteiger partial charge on any atom is -0.376 e. The first kappa shape index (κ1) is 10.6. The van der Waals surface area contributed by atoms with E-state index in [-0.39, 0.29) is 11.6 Å². The number of likely N-dealkylation sites (N-methyl/N-ethyl adjacent to an activating group) is 1. The molecule has 0 amide bonds. The van der Waals surface area contributed by atoms with Crippen molar-refractivity contribution in [2.24, 2.45) is 0 Å². The predicted octanol–water partition coefficient (Wildman–Crippen LogP) is 1.91. The third-order valence-electron chi connectivity index (χ3n) is 3.44. The molecular weight excluding hydrogens is 188 g/mol. The number of nitrogens with one attached hydrogen (secondary N) is 1. The Morgan fingerprint density at radius 3 is 2.73 bits per heavy atom. The Morgan fingerprint density at radius 2 is 2.33 bits per heavy atom. The molecule has 3 heteroatoms. The van der Waals surface area contributed by atoms with E-state index in [9.17, 15) is 0 Å². The van der Waals surface area contributed by atoms with Gasteiger partial charge in [0.2, 0.25) is 0 Å². The summed E-state index contributed by atoms with van der Waals surface area (Å²) < 4.78 is 5.69. The van der Waals surface area contributed by atoms with E-state index in [0.717, 1.165) is 12.8 Å². The molecule has 15 heavy (non-hydrogen) atoms. The molecule has 0 aromatic carbocycles. The number of rotatable bonds is 4. The Labute approximate surface area is 90.9 Å². The van der Waals surface area contributed by atoms with Crippen molar-refractivity contribution in [3.05, 3.63) is 30.1 Å². The maximum atomic E-state index is 5.69. The number of aromatic nitrogens is 1. The van der Waals surface area contributed by atoms with Crippen LogP contribution < -0.4 is 5.32 Å². The van der Waals surface area contributed by atoms with Crippen LogP contribution in [0.25, 0.3) is 0 Å². The maximum Gasteiger partial charge on any atom is 0.0873 e. The predicted molar refractivity (Wildman–Crippen MR) is 59.6 cm³/mol. The lowest BCUT2D eigenvalue weighted by Gasteiger charge is -2.46. The highest BCUT2D eigenvalue weighted by atomic mass is 16.5. The van der Waals surface area contributed by atoms with E-state index in [0.29, 0.717) is 0 Å². The Balaban J connectivity index is 2.24. The number of hydrogen-bond acceptors (Lipinski definition) is 3. The first-order chi connectivity index (χ1) is 7.32. The fourth-order valence-electron chi connectivity index (χ4n) is 2.42. The molecule has 0 bridgehead atoms. The molecule has 1 saturated carbocycles. The number of methoxy groups -OCH3 is 1. The lowest BCUT2D eigenvalue weighted by atomic mass is 9.72. The van der Waals surface area contributed by atoms with Gasteiger partial charge in [0.05, 0.1) is 11.6 Å². The minimum atomic E-state index is -0.0161. The Morgan fingerprint density at radius 1 is 1.53 bits per heavy atom. The molecule has 1 aliphatic carbocycles. The van der Waals surface area contributed by atoms with Crippen molar-refractivity contribution in [2.75, 3.05) is 14.2 Å². The Bertz CT molecular complexity index is 303. The van der Waals surface area contributed by atoms with Gasteiger partial charge in [-0.2, -0.15) is 0 Å². The molecule has 1 fully saturated rings. The van der Waals surface area contributed by atoms with Crippen LogP contribution in [0.2, 0.25) is 0 Å². The molecule has 82 valence electrons. The van der Waals surface area contributed by atoms with Crippen LogP contribution in [0.5, 0.6) is 0 Å². The van der Waals surface area contributed by atoms with Gasteiger partial charge in [-0.3, -0.25) is 4.98 Å². The lowest BCUT2D eigenvalue weighted by Crippen LogP contribution is -2.49. The monoisotopic (exact) mass is 206 g/mol. The molecule has 0 aliphatic heterocycles. The van der Waals surface area contributed by atoms with Gasteiger partial charge in [-0.25, -0.2) is 0 Å². The van der Waals surface area contributed by atoms with E-state index < -0.39 is 0 Å². The molecule has 2 rings (SSSR count). The van der Waals surface area contributed by atoms with E-state index >= 15 is 0 Å². The molecule has 3 nitrogen and oxygen atoms in total. The SMILES string of the molecule is CNC(c1cccnc1)C1(OC)CCC1. The van der Waals surface area contributed by atoms with Crippen LogP contribution in [0, 0.1) is 0 Å². The van der Waals surface area contributed by atoms with Gasteiger partial charge < -0.3 is 10.1 Å². The van der Waals surface area contributed by atoms with Gasteiger partial charge in [0.1, 0.15) is 0 Å². The second-order valence-corrected chi connectivity index (χ2v) is 4.13. The average molecular weight is 206 g/mol. The summed E-state index contributed by atoms with van der Waals surface area (Å²) in [7, 11) is 3.79.